The zero-order chi connectivity index (χ0) is 25.3. The van der Waals surface area contributed by atoms with E-state index in [4.69, 9.17) is 0 Å². The van der Waals surface area contributed by atoms with Crippen LogP contribution in [0.2, 0.25) is 0 Å². The van der Waals surface area contributed by atoms with Gasteiger partial charge in [0.05, 0.1) is 10.9 Å². The first-order valence-electron chi connectivity index (χ1n) is 14.1. The van der Waals surface area contributed by atoms with E-state index in [1.54, 1.807) is 0 Å². The van der Waals surface area contributed by atoms with Gasteiger partial charge < -0.3 is 0 Å². The summed E-state index contributed by atoms with van der Waals surface area (Å²) >= 11 is 2.01. The summed E-state index contributed by atoms with van der Waals surface area (Å²) in [7, 11) is 2.23. The molecule has 1 fully saturated rings. The van der Waals surface area contributed by atoms with Crippen LogP contribution in [0.1, 0.15) is 56.2 Å². The average Bonchev–Trinajstić information content (AvgIpc) is 3.40. The molecule has 1 aromatic heterocycles. The van der Waals surface area contributed by atoms with Gasteiger partial charge in [-0.3, -0.25) is 0 Å². The zero-order valence-electron chi connectivity index (χ0n) is 22.5. The van der Waals surface area contributed by atoms with E-state index >= 15 is 0 Å². The summed E-state index contributed by atoms with van der Waals surface area (Å²) in [5.41, 5.74) is 7.27. The molecule has 0 atom stereocenters. The lowest BCUT2D eigenvalue weighted by Gasteiger charge is -2.26. The highest BCUT2D eigenvalue weighted by molar-refractivity contribution is 8.00. The second-order valence-electron chi connectivity index (χ2n) is 11.9. The number of hydrogen-bond donors (Lipinski definition) is 0. The second kappa shape index (κ2) is 8.88. The molecule has 1 aliphatic carbocycles. The second-order valence-corrected chi connectivity index (χ2v) is 13.0. The van der Waals surface area contributed by atoms with Gasteiger partial charge in [-0.1, -0.05) is 93.8 Å². The third-order valence-corrected chi connectivity index (χ3v) is 10.1. The van der Waals surface area contributed by atoms with Crippen LogP contribution < -0.4 is 4.57 Å². The first kappa shape index (κ1) is 23.3. The first-order chi connectivity index (χ1) is 18.0. The average molecular weight is 503 g/mol. The number of aromatic nitrogens is 1. The highest BCUT2D eigenvalue weighted by Crippen LogP contribution is 2.53. The number of fused-ring (bicyclic) bond motifs is 5. The number of benzene rings is 4. The normalized spacial score (nSPS) is 15.4. The van der Waals surface area contributed by atoms with Gasteiger partial charge in [-0.2, -0.15) is 0 Å². The molecule has 0 N–H and O–H groups in total. The molecule has 2 heterocycles. The van der Waals surface area contributed by atoms with E-state index in [0.29, 0.717) is 5.92 Å². The van der Waals surface area contributed by atoms with E-state index in [1.165, 1.54) is 102 Å². The monoisotopic (exact) mass is 502 g/mol. The van der Waals surface area contributed by atoms with Crippen LogP contribution in [0.4, 0.5) is 0 Å². The van der Waals surface area contributed by atoms with Gasteiger partial charge in [0.2, 0.25) is 5.69 Å². The van der Waals surface area contributed by atoms with Crippen LogP contribution in [0.5, 0.6) is 0 Å². The predicted octanol–water partition coefficient (Wildman–Crippen LogP) is 9.34. The maximum absolute atomic E-state index is 2.51. The van der Waals surface area contributed by atoms with Crippen molar-refractivity contribution in [3.8, 4) is 11.3 Å². The molecular formula is C35H36NS+. The fraction of sp³-hybridized carbons (Fsp3) is 0.343. The van der Waals surface area contributed by atoms with E-state index in [-0.39, 0.29) is 0 Å². The SMILES string of the molecule is Cc1c2c(c(CC(C)C)c3ccccc13)Sc1cc3ccc(CC4CCCC4)cc3c3cc[n+](C)c-2c13. The van der Waals surface area contributed by atoms with Crippen LogP contribution in [0, 0.1) is 18.8 Å². The molecule has 0 spiro atoms. The standard InChI is InChI=1S/C35H36NS/c1-21(2)17-30-27-12-8-7-11-26(27)22(3)32-34-33-28(15-16-36(34)4)29-19-24(18-23-9-5-6-10-23)13-14-25(29)20-31(33)37-35(30)32/h7-8,11-16,19-21,23H,5-6,9-10,17-18H2,1-4H3/q+1. The van der Waals surface area contributed by atoms with Crippen LogP contribution in [-0.2, 0) is 19.9 Å². The van der Waals surface area contributed by atoms with E-state index in [1.807, 2.05) is 11.8 Å². The van der Waals surface area contributed by atoms with Gasteiger partial charge in [-0.15, -0.1) is 0 Å². The van der Waals surface area contributed by atoms with E-state index < -0.39 is 0 Å². The summed E-state index contributed by atoms with van der Waals surface area (Å²) in [6, 6.07) is 21.2. The van der Waals surface area contributed by atoms with E-state index in [0.717, 1.165) is 12.3 Å². The minimum Gasteiger partial charge on any atom is -0.200 e. The molecule has 2 heteroatoms. The lowest BCUT2D eigenvalue weighted by Crippen LogP contribution is -2.32. The maximum Gasteiger partial charge on any atom is 0.222 e. The highest BCUT2D eigenvalue weighted by Gasteiger charge is 2.32. The maximum atomic E-state index is 2.51. The molecule has 1 saturated carbocycles. The van der Waals surface area contributed by atoms with Gasteiger partial charge in [0.1, 0.15) is 7.05 Å². The minimum atomic E-state index is 0.608. The smallest absolute Gasteiger partial charge is 0.200 e. The molecule has 4 aromatic carbocycles. The quantitative estimate of drug-likeness (QED) is 0.171. The Bertz CT molecular complexity index is 1700. The number of aryl methyl sites for hydroxylation is 2. The summed E-state index contributed by atoms with van der Waals surface area (Å²) in [5, 5.41) is 8.46. The molecular weight excluding hydrogens is 466 g/mol. The molecule has 37 heavy (non-hydrogen) atoms. The van der Waals surface area contributed by atoms with Crippen molar-refractivity contribution in [3.05, 3.63) is 77.5 Å². The van der Waals surface area contributed by atoms with Crippen LogP contribution in [0.25, 0.3) is 43.6 Å². The Kier molecular flexibility index (Phi) is 5.59. The summed E-state index contributed by atoms with van der Waals surface area (Å²) in [4.78, 5) is 2.88. The molecule has 0 unspecified atom stereocenters. The number of pyridine rings is 1. The molecule has 1 aliphatic heterocycles. The zero-order valence-corrected chi connectivity index (χ0v) is 23.3. The van der Waals surface area contributed by atoms with Crippen LogP contribution in [0.3, 0.4) is 0 Å². The van der Waals surface area contributed by atoms with Crippen molar-refractivity contribution in [2.45, 2.75) is 69.1 Å². The van der Waals surface area contributed by atoms with Gasteiger partial charge in [0.15, 0.2) is 6.20 Å². The lowest BCUT2D eigenvalue weighted by atomic mass is 9.87. The van der Waals surface area contributed by atoms with Crippen molar-refractivity contribution >= 4 is 44.1 Å². The predicted molar refractivity (Wildman–Crippen MR) is 159 cm³/mol. The summed E-state index contributed by atoms with van der Waals surface area (Å²) in [6.07, 6.45) is 10.2. The molecule has 5 aromatic rings. The molecule has 186 valence electrons. The van der Waals surface area contributed by atoms with Gasteiger partial charge in [0.25, 0.3) is 0 Å². The van der Waals surface area contributed by atoms with Gasteiger partial charge in [-0.05, 0) is 75.9 Å². The van der Waals surface area contributed by atoms with Crippen LogP contribution in [-0.4, -0.2) is 0 Å². The third kappa shape index (κ3) is 3.71. The van der Waals surface area contributed by atoms with E-state index in [9.17, 15) is 0 Å². The number of rotatable bonds is 4. The first-order valence-corrected chi connectivity index (χ1v) is 14.9. The molecule has 0 amide bonds. The molecule has 7 rings (SSSR count). The topological polar surface area (TPSA) is 3.88 Å². The van der Waals surface area contributed by atoms with Crippen molar-refractivity contribution in [2.24, 2.45) is 18.9 Å². The van der Waals surface area contributed by atoms with Crippen molar-refractivity contribution in [1.82, 2.24) is 0 Å². The number of nitrogens with zero attached hydrogens (tertiary/aromatic N) is 1. The largest absolute Gasteiger partial charge is 0.222 e. The molecule has 0 radical (unpaired) electrons. The summed E-state index contributed by atoms with van der Waals surface area (Å²) in [5.74, 6) is 1.48. The van der Waals surface area contributed by atoms with E-state index in [2.05, 4.69) is 93.2 Å². The Morgan fingerprint density at radius 1 is 0.919 bits per heavy atom. The Morgan fingerprint density at radius 3 is 2.49 bits per heavy atom. The molecule has 2 aliphatic rings. The minimum absolute atomic E-state index is 0.608. The van der Waals surface area contributed by atoms with Crippen molar-refractivity contribution in [3.63, 3.8) is 0 Å². The van der Waals surface area contributed by atoms with Crippen molar-refractivity contribution < 1.29 is 4.57 Å². The molecule has 0 saturated heterocycles. The lowest BCUT2D eigenvalue weighted by molar-refractivity contribution is -0.659. The van der Waals surface area contributed by atoms with Gasteiger partial charge in [0, 0.05) is 21.2 Å². The highest BCUT2D eigenvalue weighted by atomic mass is 32.2. The van der Waals surface area contributed by atoms with Gasteiger partial charge in [-0.25, -0.2) is 4.57 Å². The fourth-order valence-electron chi connectivity index (χ4n) is 7.12. The third-order valence-electron chi connectivity index (χ3n) is 8.86. The molecule has 0 bridgehead atoms. The van der Waals surface area contributed by atoms with Crippen LogP contribution >= 0.6 is 11.8 Å². The Labute approximate surface area is 224 Å². The van der Waals surface area contributed by atoms with Crippen molar-refractivity contribution in [1.29, 1.82) is 0 Å². The summed E-state index contributed by atoms with van der Waals surface area (Å²) in [6.45, 7) is 7.03. The molecule has 1 nitrogen and oxygen atoms in total. The van der Waals surface area contributed by atoms with Crippen molar-refractivity contribution in [2.75, 3.05) is 0 Å². The Morgan fingerprint density at radius 2 is 1.70 bits per heavy atom. The Hall–Kier alpha value is -2.84. The summed E-state index contributed by atoms with van der Waals surface area (Å²) < 4.78 is 2.37. The van der Waals surface area contributed by atoms with Gasteiger partial charge >= 0.3 is 0 Å². The Balaban J connectivity index is 1.53. The fourth-order valence-corrected chi connectivity index (χ4v) is 8.51. The number of hydrogen-bond acceptors (Lipinski definition) is 1. The van der Waals surface area contributed by atoms with Crippen LogP contribution in [0.15, 0.2) is 70.6 Å².